The third kappa shape index (κ3) is 3.25. The van der Waals surface area contributed by atoms with Gasteiger partial charge in [-0.3, -0.25) is 4.72 Å². The van der Waals surface area contributed by atoms with E-state index < -0.39 is 20.7 Å². The van der Waals surface area contributed by atoms with E-state index in [0.717, 1.165) is 12.1 Å². The maximum Gasteiger partial charge on any atom is 0.264 e. The van der Waals surface area contributed by atoms with Crippen LogP contribution in [0.3, 0.4) is 0 Å². The zero-order valence-electron chi connectivity index (χ0n) is 11.6. The van der Waals surface area contributed by atoms with Crippen molar-refractivity contribution in [3.63, 3.8) is 0 Å². The van der Waals surface area contributed by atoms with Crippen LogP contribution < -0.4 is 15.2 Å². The number of rotatable bonds is 4. The predicted octanol–water partition coefficient (Wildman–Crippen LogP) is 2.53. The van der Waals surface area contributed by atoms with E-state index in [-0.39, 0.29) is 5.69 Å². The average molecular weight is 310 g/mol. The third-order valence-electron chi connectivity index (χ3n) is 2.92. The minimum absolute atomic E-state index is 0.170. The number of anilines is 2. The monoisotopic (exact) mass is 310 g/mol. The Morgan fingerprint density at radius 2 is 1.90 bits per heavy atom. The van der Waals surface area contributed by atoms with Crippen LogP contribution in [-0.2, 0) is 10.0 Å². The van der Waals surface area contributed by atoms with Crippen LogP contribution in [0.25, 0.3) is 0 Å². The Bertz CT molecular complexity index is 776. The summed E-state index contributed by atoms with van der Waals surface area (Å²) < 4.78 is 45.6. The molecule has 0 fully saturated rings. The first-order valence-corrected chi connectivity index (χ1v) is 7.54. The summed E-state index contributed by atoms with van der Waals surface area (Å²) in [7, 11) is -2.54. The third-order valence-corrected chi connectivity index (χ3v) is 4.30. The molecule has 0 spiro atoms. The molecule has 0 saturated carbocycles. The molecule has 0 amide bonds. The lowest BCUT2D eigenvalue weighted by atomic mass is 10.2. The van der Waals surface area contributed by atoms with Gasteiger partial charge in [0.15, 0.2) is 0 Å². The molecule has 2 rings (SSSR count). The van der Waals surface area contributed by atoms with Gasteiger partial charge < -0.3 is 10.5 Å². The fraction of sp³-hybridized carbons (Fsp3) is 0.143. The van der Waals surface area contributed by atoms with E-state index in [1.54, 1.807) is 25.1 Å². The maximum atomic E-state index is 13.7. The Labute approximate surface area is 122 Å². The van der Waals surface area contributed by atoms with Crippen LogP contribution in [0.1, 0.15) is 5.56 Å². The molecule has 0 atom stereocenters. The molecular formula is C14H15FN2O3S. The second kappa shape index (κ2) is 5.61. The van der Waals surface area contributed by atoms with Crippen molar-refractivity contribution < 1.29 is 17.5 Å². The number of nitrogens with two attached hydrogens (primary N) is 1. The van der Waals surface area contributed by atoms with E-state index in [4.69, 9.17) is 10.5 Å². The van der Waals surface area contributed by atoms with E-state index in [1.165, 1.54) is 13.2 Å². The molecule has 0 unspecified atom stereocenters. The number of ether oxygens (including phenoxy) is 1. The molecule has 2 aromatic rings. The quantitative estimate of drug-likeness (QED) is 0.850. The summed E-state index contributed by atoms with van der Waals surface area (Å²) in [5.41, 5.74) is 6.68. The molecule has 3 N–H and O–H groups in total. The Morgan fingerprint density at radius 1 is 1.19 bits per heavy atom. The summed E-state index contributed by atoms with van der Waals surface area (Å²) in [6.45, 7) is 1.72. The number of nitrogens with one attached hydrogen (secondary N) is 1. The van der Waals surface area contributed by atoms with Crippen molar-refractivity contribution in [1.29, 1.82) is 0 Å². The van der Waals surface area contributed by atoms with E-state index in [9.17, 15) is 12.8 Å². The van der Waals surface area contributed by atoms with Crippen LogP contribution in [0.4, 0.5) is 15.8 Å². The maximum absolute atomic E-state index is 13.7. The van der Waals surface area contributed by atoms with Gasteiger partial charge in [-0.1, -0.05) is 0 Å². The van der Waals surface area contributed by atoms with Gasteiger partial charge in [0.1, 0.15) is 16.5 Å². The molecule has 112 valence electrons. The van der Waals surface area contributed by atoms with Crippen molar-refractivity contribution in [3.8, 4) is 5.75 Å². The van der Waals surface area contributed by atoms with E-state index >= 15 is 0 Å². The first-order chi connectivity index (χ1) is 9.83. The Kier molecular flexibility index (Phi) is 4.04. The molecule has 0 aromatic heterocycles. The highest BCUT2D eigenvalue weighted by Gasteiger charge is 2.20. The van der Waals surface area contributed by atoms with Gasteiger partial charge in [0.25, 0.3) is 10.0 Å². The fourth-order valence-corrected chi connectivity index (χ4v) is 3.05. The van der Waals surface area contributed by atoms with Crippen LogP contribution in [0, 0.1) is 12.7 Å². The molecule has 0 radical (unpaired) electrons. The van der Waals surface area contributed by atoms with Crippen LogP contribution in [0.5, 0.6) is 5.75 Å². The van der Waals surface area contributed by atoms with Gasteiger partial charge in [-0.2, -0.15) is 0 Å². The first-order valence-electron chi connectivity index (χ1n) is 6.06. The van der Waals surface area contributed by atoms with Crippen LogP contribution in [0.2, 0.25) is 0 Å². The number of methoxy groups -OCH3 is 1. The number of nitrogen functional groups attached to an aromatic ring is 1. The molecule has 0 aliphatic rings. The molecule has 0 aliphatic heterocycles. The normalized spacial score (nSPS) is 11.2. The van der Waals surface area contributed by atoms with Crippen LogP contribution in [-0.4, -0.2) is 15.5 Å². The van der Waals surface area contributed by atoms with Gasteiger partial charge in [-0.05, 0) is 48.9 Å². The number of benzene rings is 2. The number of sulfonamides is 1. The molecule has 5 nitrogen and oxygen atoms in total. The SMILES string of the molecule is COc1ccc(NS(=O)(=O)c2cc(N)ccc2F)c(C)c1. The molecule has 21 heavy (non-hydrogen) atoms. The second-order valence-corrected chi connectivity index (χ2v) is 6.13. The largest absolute Gasteiger partial charge is 0.497 e. The highest BCUT2D eigenvalue weighted by Crippen LogP contribution is 2.25. The van der Waals surface area contributed by atoms with Crippen LogP contribution >= 0.6 is 0 Å². The standard InChI is InChI=1S/C14H15FN2O3S/c1-9-7-11(20-2)4-6-13(9)17-21(18,19)14-8-10(16)3-5-12(14)15/h3-8,17H,16H2,1-2H3. The Balaban J connectivity index is 2.40. The minimum Gasteiger partial charge on any atom is -0.497 e. The van der Waals surface area contributed by atoms with E-state index in [1.807, 2.05) is 0 Å². The number of hydrogen-bond donors (Lipinski definition) is 2. The molecule has 0 bridgehead atoms. The average Bonchev–Trinajstić information content (AvgIpc) is 2.43. The highest BCUT2D eigenvalue weighted by atomic mass is 32.2. The van der Waals surface area contributed by atoms with Crippen molar-refractivity contribution >= 4 is 21.4 Å². The molecule has 0 heterocycles. The van der Waals surface area contributed by atoms with Crippen molar-refractivity contribution in [2.45, 2.75) is 11.8 Å². The summed E-state index contributed by atoms with van der Waals surface area (Å²) >= 11 is 0. The zero-order valence-corrected chi connectivity index (χ0v) is 12.4. The topological polar surface area (TPSA) is 81.4 Å². The fourth-order valence-electron chi connectivity index (χ4n) is 1.80. The lowest BCUT2D eigenvalue weighted by Gasteiger charge is -2.12. The summed E-state index contributed by atoms with van der Waals surface area (Å²) in [6, 6.07) is 8.23. The van der Waals surface area contributed by atoms with Crippen LogP contribution in [0.15, 0.2) is 41.3 Å². The number of hydrogen-bond acceptors (Lipinski definition) is 4. The summed E-state index contributed by atoms with van der Waals surface area (Å²) in [4.78, 5) is -0.488. The van der Waals surface area contributed by atoms with E-state index in [2.05, 4.69) is 4.72 Å². The van der Waals surface area contributed by atoms with Gasteiger partial charge in [0, 0.05) is 5.69 Å². The summed E-state index contributed by atoms with van der Waals surface area (Å²) in [5, 5.41) is 0. The highest BCUT2D eigenvalue weighted by molar-refractivity contribution is 7.92. The van der Waals surface area contributed by atoms with Gasteiger partial charge in [0.2, 0.25) is 0 Å². The smallest absolute Gasteiger partial charge is 0.264 e. The van der Waals surface area contributed by atoms with Crippen molar-refractivity contribution in [1.82, 2.24) is 0 Å². The zero-order chi connectivity index (χ0) is 15.6. The van der Waals surface area contributed by atoms with E-state index in [0.29, 0.717) is 17.0 Å². The number of aryl methyl sites for hydroxylation is 1. The summed E-state index contributed by atoms with van der Waals surface area (Å²) in [6.07, 6.45) is 0. The van der Waals surface area contributed by atoms with Crippen molar-refractivity contribution in [2.24, 2.45) is 0 Å². The Morgan fingerprint density at radius 3 is 2.52 bits per heavy atom. The second-order valence-electron chi connectivity index (χ2n) is 4.48. The number of halogens is 1. The van der Waals surface area contributed by atoms with Gasteiger partial charge in [-0.15, -0.1) is 0 Å². The molecule has 0 saturated heterocycles. The molecule has 7 heteroatoms. The molecule has 2 aromatic carbocycles. The lowest BCUT2D eigenvalue weighted by molar-refractivity contribution is 0.414. The lowest BCUT2D eigenvalue weighted by Crippen LogP contribution is -2.15. The van der Waals surface area contributed by atoms with Crippen molar-refractivity contribution in [3.05, 3.63) is 47.8 Å². The molecular weight excluding hydrogens is 295 g/mol. The first kappa shape index (κ1) is 15.1. The molecule has 0 aliphatic carbocycles. The minimum atomic E-state index is -4.05. The Hall–Kier alpha value is -2.28. The van der Waals surface area contributed by atoms with Gasteiger partial charge in [0.05, 0.1) is 12.8 Å². The summed E-state index contributed by atoms with van der Waals surface area (Å²) in [5.74, 6) is -0.256. The predicted molar refractivity (Wildman–Crippen MR) is 79.4 cm³/mol. The van der Waals surface area contributed by atoms with Gasteiger partial charge in [-0.25, -0.2) is 12.8 Å². The van der Waals surface area contributed by atoms with Crippen molar-refractivity contribution in [2.75, 3.05) is 17.6 Å². The van der Waals surface area contributed by atoms with Gasteiger partial charge >= 0.3 is 0 Å².